The summed E-state index contributed by atoms with van der Waals surface area (Å²) in [4.78, 5) is 10.7. The molecule has 0 saturated heterocycles. The first kappa shape index (κ1) is 10.9. The third-order valence-electron chi connectivity index (χ3n) is 1.69. The largest absolute Gasteiger partial charge is 0.507 e. The standard InChI is InChI=1S/C11H10O4/c1-14-9-4-5-10(12)8(7-9)3-6-11(13)15-2/h4-5,7,12H,1-2H3. The van der Waals surface area contributed by atoms with E-state index in [2.05, 4.69) is 16.6 Å². The summed E-state index contributed by atoms with van der Waals surface area (Å²) in [5, 5.41) is 9.41. The number of carbonyl (C=O) groups excluding carboxylic acids is 1. The Kier molecular flexibility index (Phi) is 3.58. The second kappa shape index (κ2) is 4.91. The van der Waals surface area contributed by atoms with Crippen molar-refractivity contribution in [2.24, 2.45) is 0 Å². The molecule has 0 saturated carbocycles. The highest BCUT2D eigenvalue weighted by molar-refractivity contribution is 5.89. The lowest BCUT2D eigenvalue weighted by Crippen LogP contribution is -1.94. The molecular formula is C11H10O4. The van der Waals surface area contributed by atoms with Gasteiger partial charge >= 0.3 is 5.97 Å². The van der Waals surface area contributed by atoms with Crippen LogP contribution in [0.15, 0.2) is 18.2 Å². The van der Waals surface area contributed by atoms with Crippen LogP contribution in [-0.2, 0) is 9.53 Å². The fraction of sp³-hybridized carbons (Fsp3) is 0.182. The van der Waals surface area contributed by atoms with Crippen LogP contribution in [0.25, 0.3) is 0 Å². The molecule has 4 heteroatoms. The molecule has 0 amide bonds. The second-order valence-corrected chi connectivity index (χ2v) is 2.62. The number of methoxy groups -OCH3 is 2. The highest BCUT2D eigenvalue weighted by atomic mass is 16.5. The number of hydrogen-bond acceptors (Lipinski definition) is 4. The zero-order valence-corrected chi connectivity index (χ0v) is 8.40. The molecule has 0 aliphatic carbocycles. The molecule has 0 aliphatic heterocycles. The first-order chi connectivity index (χ1) is 7.17. The predicted octanol–water partition coefficient (Wildman–Crippen LogP) is 0.925. The van der Waals surface area contributed by atoms with Crippen LogP contribution in [0.1, 0.15) is 5.56 Å². The van der Waals surface area contributed by atoms with Crippen LogP contribution in [0.2, 0.25) is 0 Å². The minimum Gasteiger partial charge on any atom is -0.507 e. The molecule has 1 N–H and O–H groups in total. The van der Waals surface area contributed by atoms with E-state index in [9.17, 15) is 9.90 Å². The van der Waals surface area contributed by atoms with Gasteiger partial charge in [-0.05, 0) is 18.2 Å². The molecule has 0 bridgehead atoms. The minimum atomic E-state index is -0.655. The first-order valence-corrected chi connectivity index (χ1v) is 4.14. The van der Waals surface area contributed by atoms with Gasteiger partial charge in [-0.3, -0.25) is 0 Å². The maximum atomic E-state index is 10.7. The number of phenolic OH excluding ortho intramolecular Hbond substituents is 1. The van der Waals surface area contributed by atoms with Gasteiger partial charge in [0.1, 0.15) is 11.5 Å². The fourth-order valence-electron chi connectivity index (χ4n) is 0.912. The topological polar surface area (TPSA) is 55.8 Å². The predicted molar refractivity (Wildman–Crippen MR) is 53.6 cm³/mol. The number of phenols is 1. The second-order valence-electron chi connectivity index (χ2n) is 2.62. The number of benzene rings is 1. The lowest BCUT2D eigenvalue weighted by Gasteiger charge is -2.01. The van der Waals surface area contributed by atoms with Gasteiger partial charge in [0.2, 0.25) is 0 Å². The summed E-state index contributed by atoms with van der Waals surface area (Å²) < 4.78 is 9.29. The monoisotopic (exact) mass is 206 g/mol. The van der Waals surface area contributed by atoms with E-state index in [1.54, 1.807) is 6.07 Å². The van der Waals surface area contributed by atoms with E-state index in [4.69, 9.17) is 4.74 Å². The molecule has 1 rings (SSSR count). The Balaban J connectivity index is 3.01. The molecule has 0 spiro atoms. The van der Waals surface area contributed by atoms with Crippen molar-refractivity contribution in [1.82, 2.24) is 0 Å². The average molecular weight is 206 g/mol. The van der Waals surface area contributed by atoms with Crippen LogP contribution in [-0.4, -0.2) is 25.3 Å². The number of ether oxygens (including phenoxy) is 2. The summed E-state index contributed by atoms with van der Waals surface area (Å²) in [7, 11) is 2.74. The fourth-order valence-corrected chi connectivity index (χ4v) is 0.912. The number of aromatic hydroxyl groups is 1. The van der Waals surface area contributed by atoms with Crippen LogP contribution in [0.4, 0.5) is 0 Å². The Morgan fingerprint density at radius 2 is 2.13 bits per heavy atom. The molecule has 0 fully saturated rings. The molecular weight excluding hydrogens is 196 g/mol. The Morgan fingerprint density at radius 1 is 1.40 bits per heavy atom. The molecule has 0 aromatic heterocycles. The zero-order chi connectivity index (χ0) is 11.3. The molecule has 78 valence electrons. The Labute approximate surface area is 87.4 Å². The summed E-state index contributed by atoms with van der Waals surface area (Å²) in [5.41, 5.74) is 0.319. The van der Waals surface area contributed by atoms with Crippen molar-refractivity contribution in [2.75, 3.05) is 14.2 Å². The van der Waals surface area contributed by atoms with Gasteiger partial charge < -0.3 is 14.6 Å². The number of carbonyl (C=O) groups is 1. The van der Waals surface area contributed by atoms with Crippen molar-refractivity contribution >= 4 is 5.97 Å². The lowest BCUT2D eigenvalue weighted by molar-refractivity contribution is -0.133. The van der Waals surface area contributed by atoms with Crippen molar-refractivity contribution in [3.05, 3.63) is 23.8 Å². The Morgan fingerprint density at radius 3 is 2.73 bits per heavy atom. The van der Waals surface area contributed by atoms with E-state index in [0.29, 0.717) is 11.3 Å². The van der Waals surface area contributed by atoms with Crippen molar-refractivity contribution in [1.29, 1.82) is 0 Å². The third kappa shape index (κ3) is 2.92. The summed E-state index contributed by atoms with van der Waals surface area (Å²) in [5.74, 6) is 4.59. The van der Waals surface area contributed by atoms with E-state index in [0.717, 1.165) is 0 Å². The minimum absolute atomic E-state index is 0.00722. The highest BCUT2D eigenvalue weighted by Gasteiger charge is 2.00. The summed E-state index contributed by atoms with van der Waals surface area (Å²) in [6, 6.07) is 4.57. The van der Waals surface area contributed by atoms with Gasteiger partial charge in [-0.25, -0.2) is 4.79 Å². The van der Waals surface area contributed by atoms with Gasteiger partial charge in [-0.2, -0.15) is 0 Å². The van der Waals surface area contributed by atoms with E-state index >= 15 is 0 Å². The van der Waals surface area contributed by atoms with Gasteiger partial charge in [0.05, 0.1) is 19.8 Å². The van der Waals surface area contributed by atoms with Crippen LogP contribution in [0.3, 0.4) is 0 Å². The first-order valence-electron chi connectivity index (χ1n) is 4.14. The van der Waals surface area contributed by atoms with Crippen LogP contribution < -0.4 is 4.74 Å². The Hall–Kier alpha value is -2.15. The van der Waals surface area contributed by atoms with Gasteiger partial charge in [-0.1, -0.05) is 5.92 Å². The van der Waals surface area contributed by atoms with Crippen molar-refractivity contribution in [2.45, 2.75) is 0 Å². The average Bonchev–Trinajstić information content (AvgIpc) is 2.27. The number of rotatable bonds is 1. The third-order valence-corrected chi connectivity index (χ3v) is 1.69. The molecule has 15 heavy (non-hydrogen) atoms. The van der Waals surface area contributed by atoms with Crippen molar-refractivity contribution < 1.29 is 19.4 Å². The van der Waals surface area contributed by atoms with Gasteiger partial charge in [-0.15, -0.1) is 0 Å². The van der Waals surface area contributed by atoms with Crippen LogP contribution >= 0.6 is 0 Å². The van der Waals surface area contributed by atoms with E-state index < -0.39 is 5.97 Å². The quantitative estimate of drug-likeness (QED) is 0.548. The molecule has 0 atom stereocenters. The van der Waals surface area contributed by atoms with Crippen molar-refractivity contribution in [3.63, 3.8) is 0 Å². The molecule has 1 aromatic rings. The molecule has 4 nitrogen and oxygen atoms in total. The Bertz CT molecular complexity index is 426. The van der Waals surface area contributed by atoms with Gasteiger partial charge in [0.15, 0.2) is 0 Å². The van der Waals surface area contributed by atoms with Crippen molar-refractivity contribution in [3.8, 4) is 23.3 Å². The highest BCUT2D eigenvalue weighted by Crippen LogP contribution is 2.21. The maximum absolute atomic E-state index is 10.7. The van der Waals surface area contributed by atoms with E-state index in [1.165, 1.54) is 26.4 Å². The molecule has 0 heterocycles. The van der Waals surface area contributed by atoms with E-state index in [1.807, 2.05) is 0 Å². The van der Waals surface area contributed by atoms with E-state index in [-0.39, 0.29) is 5.75 Å². The number of hydrogen-bond donors (Lipinski definition) is 1. The molecule has 0 unspecified atom stereocenters. The molecule has 0 aliphatic rings. The lowest BCUT2D eigenvalue weighted by atomic mass is 10.2. The zero-order valence-electron chi connectivity index (χ0n) is 8.40. The normalized spacial score (nSPS) is 8.67. The summed E-state index contributed by atoms with van der Waals surface area (Å²) in [6.45, 7) is 0. The summed E-state index contributed by atoms with van der Waals surface area (Å²) in [6.07, 6.45) is 0. The summed E-state index contributed by atoms with van der Waals surface area (Å²) >= 11 is 0. The number of esters is 1. The van der Waals surface area contributed by atoms with Crippen LogP contribution in [0.5, 0.6) is 11.5 Å². The maximum Gasteiger partial charge on any atom is 0.384 e. The SMILES string of the molecule is COC(=O)C#Cc1cc(OC)ccc1O. The van der Waals surface area contributed by atoms with Gasteiger partial charge in [0.25, 0.3) is 0 Å². The molecule has 1 aromatic carbocycles. The molecule has 0 radical (unpaired) electrons. The van der Waals surface area contributed by atoms with Crippen LogP contribution in [0, 0.1) is 11.8 Å². The van der Waals surface area contributed by atoms with Gasteiger partial charge in [0, 0.05) is 5.92 Å². The smallest absolute Gasteiger partial charge is 0.384 e.